The van der Waals surface area contributed by atoms with E-state index in [1.165, 1.54) is 7.11 Å². The summed E-state index contributed by atoms with van der Waals surface area (Å²) < 4.78 is 6.45. The number of rotatable bonds is 5. The molecular weight excluding hydrogens is 182 g/mol. The Kier molecular flexibility index (Phi) is 4.12. The highest BCUT2D eigenvalue weighted by atomic mass is 16.5. The highest BCUT2D eigenvalue weighted by molar-refractivity contribution is 5.69. The van der Waals surface area contributed by atoms with Gasteiger partial charge in [0, 0.05) is 26.3 Å². The molecule has 14 heavy (non-hydrogen) atoms. The molecule has 0 bridgehead atoms. The smallest absolute Gasteiger partial charge is 0.306 e. The number of carbonyl (C=O) groups excluding carboxylic acids is 1. The zero-order valence-corrected chi connectivity index (χ0v) is 8.49. The summed E-state index contributed by atoms with van der Waals surface area (Å²) in [6, 6.07) is 0. The van der Waals surface area contributed by atoms with Gasteiger partial charge in [-0.15, -0.1) is 0 Å². The number of hydrogen-bond acceptors (Lipinski definition) is 4. The van der Waals surface area contributed by atoms with Crippen LogP contribution in [0.1, 0.15) is 12.1 Å². The van der Waals surface area contributed by atoms with Crippen LogP contribution in [-0.4, -0.2) is 29.2 Å². The third-order valence-corrected chi connectivity index (χ3v) is 1.96. The van der Waals surface area contributed by atoms with E-state index in [1.54, 1.807) is 12.5 Å². The fourth-order valence-corrected chi connectivity index (χ4v) is 1.06. The van der Waals surface area contributed by atoms with E-state index in [0.717, 1.165) is 5.69 Å². The number of esters is 1. The Morgan fingerprint density at radius 1 is 1.71 bits per heavy atom. The van der Waals surface area contributed by atoms with E-state index in [4.69, 9.17) is 0 Å². The van der Waals surface area contributed by atoms with Crippen LogP contribution >= 0.6 is 0 Å². The monoisotopic (exact) mass is 197 g/mol. The van der Waals surface area contributed by atoms with E-state index in [-0.39, 0.29) is 5.97 Å². The van der Waals surface area contributed by atoms with Gasteiger partial charge in [-0.2, -0.15) is 0 Å². The molecule has 0 atom stereocenters. The molecule has 0 aliphatic heterocycles. The van der Waals surface area contributed by atoms with E-state index in [0.29, 0.717) is 19.5 Å². The Morgan fingerprint density at radius 3 is 3.07 bits per heavy atom. The largest absolute Gasteiger partial charge is 0.469 e. The maximum absolute atomic E-state index is 10.8. The van der Waals surface area contributed by atoms with E-state index in [2.05, 4.69) is 15.0 Å². The first-order valence-corrected chi connectivity index (χ1v) is 4.46. The first-order chi connectivity index (χ1) is 6.74. The van der Waals surface area contributed by atoms with Gasteiger partial charge in [-0.25, -0.2) is 4.98 Å². The molecule has 5 heteroatoms. The van der Waals surface area contributed by atoms with Gasteiger partial charge in [0.2, 0.25) is 0 Å². The molecule has 0 unspecified atom stereocenters. The summed E-state index contributed by atoms with van der Waals surface area (Å²) in [5.41, 5.74) is 1.09. The molecule has 1 aromatic heterocycles. The third kappa shape index (κ3) is 3.18. The third-order valence-electron chi connectivity index (χ3n) is 1.96. The lowest BCUT2D eigenvalue weighted by Gasteiger charge is -2.04. The van der Waals surface area contributed by atoms with E-state index < -0.39 is 0 Å². The number of imidazole rings is 1. The first-order valence-electron chi connectivity index (χ1n) is 4.46. The van der Waals surface area contributed by atoms with Gasteiger partial charge >= 0.3 is 5.97 Å². The van der Waals surface area contributed by atoms with E-state index in [9.17, 15) is 4.79 Å². The maximum Gasteiger partial charge on any atom is 0.306 e. The molecule has 5 nitrogen and oxygen atoms in total. The van der Waals surface area contributed by atoms with Crippen molar-refractivity contribution in [3.05, 3.63) is 18.2 Å². The SMILES string of the molecule is COC(=O)CCNCc1cncn1C. The molecule has 0 aliphatic rings. The van der Waals surface area contributed by atoms with Crippen molar-refractivity contribution in [1.82, 2.24) is 14.9 Å². The Hall–Kier alpha value is -1.36. The minimum absolute atomic E-state index is 0.192. The number of ether oxygens (including phenoxy) is 1. The lowest BCUT2D eigenvalue weighted by molar-refractivity contribution is -0.140. The number of aryl methyl sites for hydroxylation is 1. The quantitative estimate of drug-likeness (QED) is 0.536. The molecule has 1 rings (SSSR count). The molecule has 0 spiro atoms. The second-order valence-electron chi connectivity index (χ2n) is 3.00. The molecule has 0 amide bonds. The average Bonchev–Trinajstić information content (AvgIpc) is 2.58. The van der Waals surface area contributed by atoms with Gasteiger partial charge in [-0.05, 0) is 0 Å². The molecule has 0 aliphatic carbocycles. The van der Waals surface area contributed by atoms with Crippen LogP contribution < -0.4 is 5.32 Å². The molecule has 1 N–H and O–H groups in total. The molecule has 0 aromatic carbocycles. The minimum atomic E-state index is -0.192. The fourth-order valence-electron chi connectivity index (χ4n) is 1.06. The van der Waals surface area contributed by atoms with Crippen molar-refractivity contribution in [2.45, 2.75) is 13.0 Å². The summed E-state index contributed by atoms with van der Waals surface area (Å²) in [4.78, 5) is 14.7. The zero-order valence-electron chi connectivity index (χ0n) is 8.49. The van der Waals surface area contributed by atoms with Gasteiger partial charge in [-0.1, -0.05) is 0 Å². The van der Waals surface area contributed by atoms with Crippen LogP contribution in [0.25, 0.3) is 0 Å². The lowest BCUT2D eigenvalue weighted by Crippen LogP contribution is -2.19. The lowest BCUT2D eigenvalue weighted by atomic mass is 10.4. The molecular formula is C9H15N3O2. The average molecular weight is 197 g/mol. The van der Waals surface area contributed by atoms with Crippen LogP contribution in [0.2, 0.25) is 0 Å². The molecule has 0 radical (unpaired) electrons. The Bertz CT molecular complexity index is 296. The van der Waals surface area contributed by atoms with Crippen molar-refractivity contribution in [3.8, 4) is 0 Å². The van der Waals surface area contributed by atoms with Gasteiger partial charge in [0.15, 0.2) is 0 Å². The Morgan fingerprint density at radius 2 is 2.50 bits per heavy atom. The number of aromatic nitrogens is 2. The van der Waals surface area contributed by atoms with E-state index >= 15 is 0 Å². The normalized spacial score (nSPS) is 10.1. The van der Waals surface area contributed by atoms with Gasteiger partial charge in [0.05, 0.1) is 25.6 Å². The van der Waals surface area contributed by atoms with Gasteiger partial charge < -0.3 is 14.6 Å². The molecule has 1 aromatic rings. The van der Waals surface area contributed by atoms with Crippen molar-refractivity contribution >= 4 is 5.97 Å². The number of carbonyl (C=O) groups is 1. The second kappa shape index (κ2) is 5.39. The van der Waals surface area contributed by atoms with Gasteiger partial charge in [0.1, 0.15) is 0 Å². The number of methoxy groups -OCH3 is 1. The van der Waals surface area contributed by atoms with E-state index in [1.807, 2.05) is 11.6 Å². The van der Waals surface area contributed by atoms with Crippen LogP contribution in [0, 0.1) is 0 Å². The van der Waals surface area contributed by atoms with Crippen LogP contribution in [0.15, 0.2) is 12.5 Å². The summed E-state index contributed by atoms with van der Waals surface area (Å²) >= 11 is 0. The summed E-state index contributed by atoms with van der Waals surface area (Å²) in [7, 11) is 3.33. The molecule has 0 saturated carbocycles. The standard InChI is InChI=1S/C9H15N3O2/c1-12-7-11-6-8(12)5-10-4-3-9(13)14-2/h6-7,10H,3-5H2,1-2H3. The summed E-state index contributed by atoms with van der Waals surface area (Å²) in [5.74, 6) is -0.192. The summed E-state index contributed by atoms with van der Waals surface area (Å²) in [6.45, 7) is 1.34. The fraction of sp³-hybridized carbons (Fsp3) is 0.556. The topological polar surface area (TPSA) is 56.1 Å². The molecule has 0 fully saturated rings. The highest BCUT2D eigenvalue weighted by Crippen LogP contribution is 1.94. The predicted octanol–water partition coefficient (Wildman–Crippen LogP) is 0.0728. The molecule has 0 saturated heterocycles. The Balaban J connectivity index is 2.16. The van der Waals surface area contributed by atoms with Crippen molar-refractivity contribution in [2.24, 2.45) is 7.05 Å². The first kappa shape index (κ1) is 10.7. The number of nitrogens with one attached hydrogen (secondary N) is 1. The van der Waals surface area contributed by atoms with Crippen molar-refractivity contribution in [3.63, 3.8) is 0 Å². The van der Waals surface area contributed by atoms with Crippen LogP contribution in [0.4, 0.5) is 0 Å². The molecule has 78 valence electrons. The second-order valence-corrected chi connectivity index (χ2v) is 3.00. The van der Waals surface area contributed by atoms with Crippen LogP contribution in [-0.2, 0) is 23.1 Å². The highest BCUT2D eigenvalue weighted by Gasteiger charge is 2.00. The van der Waals surface area contributed by atoms with Crippen LogP contribution in [0.3, 0.4) is 0 Å². The minimum Gasteiger partial charge on any atom is -0.469 e. The number of hydrogen-bond donors (Lipinski definition) is 1. The summed E-state index contributed by atoms with van der Waals surface area (Å²) in [5, 5.41) is 3.13. The maximum atomic E-state index is 10.8. The number of nitrogens with zero attached hydrogens (tertiary/aromatic N) is 2. The van der Waals surface area contributed by atoms with Crippen molar-refractivity contribution < 1.29 is 9.53 Å². The van der Waals surface area contributed by atoms with Crippen LogP contribution in [0.5, 0.6) is 0 Å². The van der Waals surface area contributed by atoms with Crippen molar-refractivity contribution in [1.29, 1.82) is 0 Å². The Labute approximate surface area is 83.1 Å². The van der Waals surface area contributed by atoms with Gasteiger partial charge in [-0.3, -0.25) is 4.79 Å². The zero-order chi connectivity index (χ0) is 10.4. The molecule has 1 heterocycles. The summed E-state index contributed by atoms with van der Waals surface area (Å²) in [6.07, 6.45) is 3.94. The van der Waals surface area contributed by atoms with Crippen molar-refractivity contribution in [2.75, 3.05) is 13.7 Å². The van der Waals surface area contributed by atoms with Gasteiger partial charge in [0.25, 0.3) is 0 Å². The predicted molar refractivity (Wildman–Crippen MR) is 51.5 cm³/mol.